The first-order valence-corrected chi connectivity index (χ1v) is 7.54. The first kappa shape index (κ1) is 15.1. The van der Waals surface area contributed by atoms with Crippen LogP contribution < -0.4 is 4.72 Å². The highest BCUT2D eigenvalue weighted by molar-refractivity contribution is 7.89. The predicted molar refractivity (Wildman–Crippen MR) is 74.1 cm³/mol. The summed E-state index contributed by atoms with van der Waals surface area (Å²) in [5.74, 6) is -0.751. The summed E-state index contributed by atoms with van der Waals surface area (Å²) in [6, 6.07) is 7.62. The summed E-state index contributed by atoms with van der Waals surface area (Å²) in [7, 11) is -3.85. The van der Waals surface area contributed by atoms with Crippen molar-refractivity contribution >= 4 is 10.0 Å². The Morgan fingerprint density at radius 1 is 1.29 bits per heavy atom. The molecule has 0 bridgehead atoms. The van der Waals surface area contributed by atoms with E-state index < -0.39 is 21.9 Å². The van der Waals surface area contributed by atoms with Crippen LogP contribution in [0.5, 0.6) is 0 Å². The van der Waals surface area contributed by atoms with Crippen LogP contribution in [0, 0.1) is 17.1 Å². The van der Waals surface area contributed by atoms with Gasteiger partial charge in [0.05, 0.1) is 10.5 Å². The summed E-state index contributed by atoms with van der Waals surface area (Å²) >= 11 is 0. The highest BCUT2D eigenvalue weighted by Gasteiger charge is 2.19. The zero-order valence-electron chi connectivity index (χ0n) is 11.1. The Labute approximate surface area is 122 Å². The predicted octanol–water partition coefficient (Wildman–Crippen LogP) is 2.13. The highest BCUT2D eigenvalue weighted by Crippen LogP contribution is 2.18. The van der Waals surface area contributed by atoms with Crippen LogP contribution in [0.1, 0.15) is 24.1 Å². The fourth-order valence-electron chi connectivity index (χ4n) is 1.78. The molecule has 1 heterocycles. The summed E-state index contributed by atoms with van der Waals surface area (Å²) in [6.07, 6.45) is 3.12. The molecule has 1 unspecified atom stereocenters. The molecule has 2 rings (SSSR count). The number of aromatic nitrogens is 1. The van der Waals surface area contributed by atoms with Gasteiger partial charge >= 0.3 is 0 Å². The molecule has 5 nitrogen and oxygen atoms in total. The van der Waals surface area contributed by atoms with Crippen molar-refractivity contribution in [2.45, 2.75) is 17.9 Å². The number of hydrogen-bond acceptors (Lipinski definition) is 4. The molecule has 0 radical (unpaired) electrons. The molecule has 1 atom stereocenters. The van der Waals surface area contributed by atoms with Gasteiger partial charge in [0, 0.05) is 18.4 Å². The summed E-state index contributed by atoms with van der Waals surface area (Å²) in [5, 5.41) is 8.76. The molecule has 0 saturated heterocycles. The van der Waals surface area contributed by atoms with Gasteiger partial charge < -0.3 is 0 Å². The van der Waals surface area contributed by atoms with Crippen LogP contribution in [0.2, 0.25) is 0 Å². The molecule has 0 aliphatic rings. The number of hydrogen-bond donors (Lipinski definition) is 1. The van der Waals surface area contributed by atoms with Crippen molar-refractivity contribution in [3.05, 3.63) is 59.7 Å². The van der Waals surface area contributed by atoms with E-state index in [4.69, 9.17) is 5.26 Å². The third-order valence-electron chi connectivity index (χ3n) is 2.91. The van der Waals surface area contributed by atoms with Crippen molar-refractivity contribution in [2.24, 2.45) is 0 Å². The summed E-state index contributed by atoms with van der Waals surface area (Å²) in [4.78, 5) is 3.71. The monoisotopic (exact) mass is 305 g/mol. The Kier molecular flexibility index (Phi) is 4.31. The molecule has 7 heteroatoms. The van der Waals surface area contributed by atoms with Crippen LogP contribution in [0.4, 0.5) is 4.39 Å². The van der Waals surface area contributed by atoms with E-state index in [0.29, 0.717) is 0 Å². The lowest BCUT2D eigenvalue weighted by Crippen LogP contribution is -2.27. The molecule has 0 saturated carbocycles. The normalized spacial score (nSPS) is 12.6. The first-order chi connectivity index (χ1) is 9.94. The van der Waals surface area contributed by atoms with Gasteiger partial charge in [-0.15, -0.1) is 0 Å². The summed E-state index contributed by atoms with van der Waals surface area (Å²) in [5.41, 5.74) is 0.436. The molecule has 108 valence electrons. The van der Waals surface area contributed by atoms with Crippen molar-refractivity contribution < 1.29 is 12.8 Å². The van der Waals surface area contributed by atoms with E-state index in [9.17, 15) is 12.8 Å². The molecule has 0 amide bonds. The van der Waals surface area contributed by atoms with E-state index in [-0.39, 0.29) is 10.5 Å². The highest BCUT2D eigenvalue weighted by atomic mass is 32.2. The van der Waals surface area contributed by atoms with E-state index in [0.717, 1.165) is 23.8 Å². The number of nitriles is 1. The number of benzene rings is 1. The SMILES string of the molecule is CC(NS(=O)(=O)c1ccc(F)c(C#N)c1)c1ccncc1. The Balaban J connectivity index is 2.29. The van der Waals surface area contributed by atoms with Gasteiger partial charge in [0.1, 0.15) is 11.9 Å². The van der Waals surface area contributed by atoms with Crippen molar-refractivity contribution in [2.75, 3.05) is 0 Å². The lowest BCUT2D eigenvalue weighted by molar-refractivity contribution is 0.566. The lowest BCUT2D eigenvalue weighted by Gasteiger charge is -2.14. The van der Waals surface area contributed by atoms with Crippen LogP contribution in [0.3, 0.4) is 0 Å². The minimum Gasteiger partial charge on any atom is -0.265 e. The van der Waals surface area contributed by atoms with Gasteiger partial charge in [0.2, 0.25) is 10.0 Å². The molecule has 0 aliphatic carbocycles. The van der Waals surface area contributed by atoms with Crippen LogP contribution in [-0.4, -0.2) is 13.4 Å². The smallest absolute Gasteiger partial charge is 0.241 e. The second-order valence-corrected chi connectivity index (χ2v) is 6.09. The maximum Gasteiger partial charge on any atom is 0.241 e. The quantitative estimate of drug-likeness (QED) is 0.938. The number of sulfonamides is 1. The van der Waals surface area contributed by atoms with Crippen LogP contribution in [-0.2, 0) is 10.0 Å². The molecule has 1 aromatic heterocycles. The largest absolute Gasteiger partial charge is 0.265 e. The van der Waals surface area contributed by atoms with Crippen LogP contribution >= 0.6 is 0 Å². The van der Waals surface area contributed by atoms with E-state index in [1.54, 1.807) is 37.5 Å². The van der Waals surface area contributed by atoms with E-state index >= 15 is 0 Å². The van der Waals surface area contributed by atoms with Gasteiger partial charge in [0.15, 0.2) is 0 Å². The topological polar surface area (TPSA) is 82.9 Å². The molecular weight excluding hydrogens is 293 g/mol. The molecule has 0 aliphatic heterocycles. The van der Waals surface area contributed by atoms with Crippen molar-refractivity contribution in [3.63, 3.8) is 0 Å². The Bertz CT molecular complexity index is 786. The minimum atomic E-state index is -3.85. The van der Waals surface area contributed by atoms with Gasteiger partial charge in [-0.3, -0.25) is 4.98 Å². The fourth-order valence-corrected chi connectivity index (χ4v) is 3.04. The van der Waals surface area contributed by atoms with Gasteiger partial charge in [0.25, 0.3) is 0 Å². The molecule has 21 heavy (non-hydrogen) atoms. The molecule has 0 spiro atoms. The van der Waals surface area contributed by atoms with Crippen molar-refractivity contribution in [1.82, 2.24) is 9.71 Å². The van der Waals surface area contributed by atoms with Crippen LogP contribution in [0.25, 0.3) is 0 Å². The van der Waals surface area contributed by atoms with Gasteiger partial charge in [-0.2, -0.15) is 5.26 Å². The first-order valence-electron chi connectivity index (χ1n) is 6.06. The minimum absolute atomic E-state index is 0.152. The summed E-state index contributed by atoms with van der Waals surface area (Å²) in [6.45, 7) is 1.68. The fraction of sp³-hybridized carbons (Fsp3) is 0.143. The van der Waals surface area contributed by atoms with Gasteiger partial charge in [-0.1, -0.05) is 0 Å². The molecule has 0 fully saturated rings. The Hall–Kier alpha value is -2.30. The molecule has 1 N–H and O–H groups in total. The lowest BCUT2D eigenvalue weighted by atomic mass is 10.1. The maximum atomic E-state index is 13.2. The van der Waals surface area contributed by atoms with Gasteiger partial charge in [-0.05, 0) is 42.8 Å². The summed E-state index contributed by atoms with van der Waals surface area (Å²) < 4.78 is 40.2. The number of rotatable bonds is 4. The third-order valence-corrected chi connectivity index (χ3v) is 4.45. The van der Waals surface area contributed by atoms with E-state index in [1.165, 1.54) is 0 Å². The number of halogens is 1. The standard InChI is InChI=1S/C14H12FN3O2S/c1-10(11-4-6-17-7-5-11)18-21(19,20)13-2-3-14(15)12(8-13)9-16/h2-8,10,18H,1H3. The van der Waals surface area contributed by atoms with E-state index in [1.807, 2.05) is 0 Å². The molecule has 2 aromatic rings. The number of nitrogens with zero attached hydrogens (tertiary/aromatic N) is 2. The Morgan fingerprint density at radius 2 is 1.95 bits per heavy atom. The second kappa shape index (κ2) is 5.99. The Morgan fingerprint density at radius 3 is 2.57 bits per heavy atom. The number of pyridine rings is 1. The third kappa shape index (κ3) is 3.42. The average molecular weight is 305 g/mol. The maximum absolute atomic E-state index is 13.2. The molecular formula is C14H12FN3O2S. The van der Waals surface area contributed by atoms with Crippen molar-refractivity contribution in [3.8, 4) is 6.07 Å². The average Bonchev–Trinajstić information content (AvgIpc) is 2.48. The zero-order valence-corrected chi connectivity index (χ0v) is 11.9. The number of nitrogens with one attached hydrogen (secondary N) is 1. The van der Waals surface area contributed by atoms with E-state index in [2.05, 4.69) is 9.71 Å². The zero-order chi connectivity index (χ0) is 15.5. The van der Waals surface area contributed by atoms with Crippen LogP contribution in [0.15, 0.2) is 47.6 Å². The molecule has 1 aromatic carbocycles. The second-order valence-electron chi connectivity index (χ2n) is 4.38. The van der Waals surface area contributed by atoms with Gasteiger partial charge in [-0.25, -0.2) is 17.5 Å². The van der Waals surface area contributed by atoms with Crippen molar-refractivity contribution in [1.29, 1.82) is 5.26 Å².